The highest BCUT2D eigenvalue weighted by Gasteiger charge is 2.27. The molecule has 1 saturated carbocycles. The van der Waals surface area contributed by atoms with Crippen molar-refractivity contribution in [2.75, 3.05) is 5.32 Å². The van der Waals surface area contributed by atoms with Crippen LogP contribution in [0.3, 0.4) is 0 Å². The number of aromatic nitrogens is 3. The van der Waals surface area contributed by atoms with Crippen molar-refractivity contribution in [2.45, 2.75) is 32.4 Å². The average molecular weight is 426 g/mol. The molecule has 1 N–H and O–H groups in total. The summed E-state index contributed by atoms with van der Waals surface area (Å²) >= 11 is 0. The summed E-state index contributed by atoms with van der Waals surface area (Å²) < 4.78 is 3.36. The number of nitrogens with one attached hydrogen (secondary N) is 1. The Morgan fingerprint density at radius 3 is 2.44 bits per heavy atom. The molecular formula is C25H22N4O3. The minimum atomic E-state index is -0.265. The molecule has 2 heterocycles. The van der Waals surface area contributed by atoms with E-state index in [1.807, 2.05) is 36.5 Å². The first-order chi connectivity index (χ1) is 15.5. The molecule has 7 nitrogen and oxygen atoms in total. The Labute approximate surface area is 184 Å². The van der Waals surface area contributed by atoms with E-state index >= 15 is 0 Å². The molecule has 32 heavy (non-hydrogen) atoms. The minimum Gasteiger partial charge on any atom is -0.332 e. The van der Waals surface area contributed by atoms with Gasteiger partial charge in [-0.05, 0) is 49.6 Å². The first-order valence-electron chi connectivity index (χ1n) is 10.6. The fraction of sp³-hybridized carbons (Fsp3) is 0.200. The highest BCUT2D eigenvalue weighted by atomic mass is 16.2. The van der Waals surface area contributed by atoms with Crippen LogP contribution in [0.4, 0.5) is 5.69 Å². The van der Waals surface area contributed by atoms with Crippen molar-refractivity contribution in [3.05, 3.63) is 83.0 Å². The van der Waals surface area contributed by atoms with Gasteiger partial charge in [-0.1, -0.05) is 30.3 Å². The summed E-state index contributed by atoms with van der Waals surface area (Å²) in [5.41, 5.74) is 3.83. The molecule has 2 aromatic heterocycles. The Balaban J connectivity index is 1.51. The molecule has 1 fully saturated rings. The van der Waals surface area contributed by atoms with Crippen LogP contribution in [0.25, 0.3) is 22.2 Å². The smallest absolute Gasteiger partial charge is 0.278 e. The Kier molecular flexibility index (Phi) is 4.93. The molecule has 0 aliphatic heterocycles. The van der Waals surface area contributed by atoms with Crippen LogP contribution in [0.1, 0.15) is 36.2 Å². The molecule has 1 aliphatic rings. The number of nitrogens with zero attached hydrogens (tertiary/aromatic N) is 3. The maximum atomic E-state index is 13.3. The van der Waals surface area contributed by atoms with Crippen molar-refractivity contribution >= 4 is 28.4 Å². The topological polar surface area (TPSA) is 86.0 Å². The average Bonchev–Trinajstić information content (AvgIpc) is 3.56. The molecule has 1 aliphatic carbocycles. The van der Waals surface area contributed by atoms with Gasteiger partial charge in [-0.15, -0.1) is 0 Å². The number of anilines is 1. The van der Waals surface area contributed by atoms with Crippen LogP contribution in [0, 0.1) is 0 Å². The van der Waals surface area contributed by atoms with E-state index in [2.05, 4.69) is 10.3 Å². The molecule has 7 heteroatoms. The highest BCUT2D eigenvalue weighted by molar-refractivity contribution is 5.97. The van der Waals surface area contributed by atoms with Gasteiger partial charge in [0.15, 0.2) is 5.78 Å². The van der Waals surface area contributed by atoms with Crippen molar-refractivity contribution in [3.8, 4) is 11.1 Å². The summed E-state index contributed by atoms with van der Waals surface area (Å²) in [6.45, 7) is 1.47. The maximum absolute atomic E-state index is 13.3. The molecule has 0 atom stereocenters. The summed E-state index contributed by atoms with van der Waals surface area (Å²) in [5.74, 6) is -0.298. The van der Waals surface area contributed by atoms with E-state index in [1.165, 1.54) is 6.92 Å². The second kappa shape index (κ2) is 7.92. The Morgan fingerprint density at radius 2 is 1.78 bits per heavy atom. The zero-order valence-electron chi connectivity index (χ0n) is 17.6. The monoisotopic (exact) mass is 426 g/mol. The van der Waals surface area contributed by atoms with Gasteiger partial charge in [-0.3, -0.25) is 19.0 Å². The van der Waals surface area contributed by atoms with Gasteiger partial charge in [0, 0.05) is 29.1 Å². The van der Waals surface area contributed by atoms with Crippen molar-refractivity contribution < 1.29 is 9.59 Å². The van der Waals surface area contributed by atoms with Gasteiger partial charge in [-0.2, -0.15) is 0 Å². The molecule has 0 radical (unpaired) electrons. The SMILES string of the molecule is CC(=O)c1ccc(NC(=O)Cn2cc(-c3ccccc3)c3ncn(C4CC4)c(=O)c32)cc1. The fourth-order valence-corrected chi connectivity index (χ4v) is 3.90. The molecule has 1 amide bonds. The first kappa shape index (κ1) is 19.9. The minimum absolute atomic E-state index is 0.0244. The first-order valence-corrected chi connectivity index (χ1v) is 10.6. The van der Waals surface area contributed by atoms with E-state index in [-0.39, 0.29) is 29.8 Å². The molecule has 0 saturated heterocycles. The number of carbonyl (C=O) groups is 2. The molecule has 0 bridgehead atoms. The van der Waals surface area contributed by atoms with Gasteiger partial charge in [0.1, 0.15) is 17.6 Å². The summed E-state index contributed by atoms with van der Waals surface area (Å²) in [4.78, 5) is 42.1. The van der Waals surface area contributed by atoms with Gasteiger partial charge in [0.05, 0.1) is 6.33 Å². The number of ketones is 1. The van der Waals surface area contributed by atoms with E-state index in [1.54, 1.807) is 39.7 Å². The largest absolute Gasteiger partial charge is 0.332 e. The van der Waals surface area contributed by atoms with E-state index in [4.69, 9.17) is 0 Å². The number of Topliss-reactive ketones (excluding diaryl/α,β-unsaturated/α-hetero) is 1. The Morgan fingerprint density at radius 1 is 1.06 bits per heavy atom. The molecule has 0 unspecified atom stereocenters. The molecule has 5 rings (SSSR count). The van der Waals surface area contributed by atoms with Crippen LogP contribution < -0.4 is 10.9 Å². The lowest BCUT2D eigenvalue weighted by Crippen LogP contribution is -2.24. The summed E-state index contributed by atoms with van der Waals surface area (Å²) in [7, 11) is 0. The molecule has 0 spiro atoms. The van der Waals surface area contributed by atoms with Crippen LogP contribution in [0.15, 0.2) is 71.9 Å². The van der Waals surface area contributed by atoms with E-state index in [9.17, 15) is 14.4 Å². The lowest BCUT2D eigenvalue weighted by molar-refractivity contribution is -0.116. The third kappa shape index (κ3) is 3.73. The van der Waals surface area contributed by atoms with Gasteiger partial charge >= 0.3 is 0 Å². The highest BCUT2D eigenvalue weighted by Crippen LogP contribution is 2.34. The number of hydrogen-bond acceptors (Lipinski definition) is 4. The predicted molar refractivity (Wildman–Crippen MR) is 123 cm³/mol. The van der Waals surface area contributed by atoms with Crippen molar-refractivity contribution in [1.29, 1.82) is 0 Å². The molecule has 2 aromatic carbocycles. The van der Waals surface area contributed by atoms with Gasteiger partial charge in [0.25, 0.3) is 5.56 Å². The number of benzene rings is 2. The number of amides is 1. The Hall–Kier alpha value is -4.00. The molecular weight excluding hydrogens is 404 g/mol. The zero-order valence-corrected chi connectivity index (χ0v) is 17.6. The van der Waals surface area contributed by atoms with Gasteiger partial charge < -0.3 is 9.88 Å². The summed E-state index contributed by atoms with van der Waals surface area (Å²) in [5, 5.41) is 2.84. The number of rotatable bonds is 6. The second-order valence-corrected chi connectivity index (χ2v) is 8.10. The van der Waals surface area contributed by atoms with E-state index < -0.39 is 0 Å². The zero-order chi connectivity index (χ0) is 22.2. The lowest BCUT2D eigenvalue weighted by Gasteiger charge is -2.08. The summed E-state index contributed by atoms with van der Waals surface area (Å²) in [6.07, 6.45) is 5.38. The fourth-order valence-electron chi connectivity index (χ4n) is 3.90. The van der Waals surface area contributed by atoms with Crippen molar-refractivity contribution in [3.63, 3.8) is 0 Å². The lowest BCUT2D eigenvalue weighted by atomic mass is 10.1. The maximum Gasteiger partial charge on any atom is 0.278 e. The number of fused-ring (bicyclic) bond motifs is 1. The Bertz CT molecular complexity index is 1380. The van der Waals surface area contributed by atoms with Crippen LogP contribution in [0.5, 0.6) is 0 Å². The van der Waals surface area contributed by atoms with Crippen molar-refractivity contribution in [2.24, 2.45) is 0 Å². The second-order valence-electron chi connectivity index (χ2n) is 8.10. The normalized spacial score (nSPS) is 13.3. The summed E-state index contributed by atoms with van der Waals surface area (Å²) in [6, 6.07) is 16.6. The van der Waals surface area contributed by atoms with Crippen LogP contribution in [-0.4, -0.2) is 25.8 Å². The predicted octanol–water partition coefficient (Wildman–Crippen LogP) is 4.04. The number of hydrogen-bond donors (Lipinski definition) is 1. The standard InChI is InChI=1S/C25H22N4O3/c1-16(30)17-7-9-19(10-8-17)27-22(31)14-28-13-21(18-5-3-2-4-6-18)23-24(28)25(32)29(15-26-23)20-11-12-20/h2-10,13,15,20H,11-12,14H2,1H3,(H,27,31). The third-order valence-electron chi connectivity index (χ3n) is 5.71. The van der Waals surface area contributed by atoms with E-state index in [0.29, 0.717) is 22.3 Å². The van der Waals surface area contributed by atoms with Gasteiger partial charge in [0.2, 0.25) is 5.91 Å². The molecule has 160 valence electrons. The van der Waals surface area contributed by atoms with Crippen LogP contribution in [0.2, 0.25) is 0 Å². The number of carbonyl (C=O) groups excluding carboxylic acids is 2. The van der Waals surface area contributed by atoms with Crippen LogP contribution in [-0.2, 0) is 11.3 Å². The quantitative estimate of drug-likeness (QED) is 0.472. The van der Waals surface area contributed by atoms with Crippen LogP contribution >= 0.6 is 0 Å². The third-order valence-corrected chi connectivity index (χ3v) is 5.71. The van der Waals surface area contributed by atoms with E-state index in [0.717, 1.165) is 24.0 Å². The van der Waals surface area contributed by atoms with Crippen molar-refractivity contribution in [1.82, 2.24) is 14.1 Å². The van der Waals surface area contributed by atoms with Gasteiger partial charge in [-0.25, -0.2) is 4.98 Å². The molecule has 4 aromatic rings.